The van der Waals surface area contributed by atoms with E-state index >= 15 is 0 Å². The van der Waals surface area contributed by atoms with Crippen molar-refractivity contribution in [2.75, 3.05) is 11.9 Å². The largest absolute Gasteiger partial charge is 0.462 e. The second-order valence-electron chi connectivity index (χ2n) is 8.33. The summed E-state index contributed by atoms with van der Waals surface area (Å²) in [6, 6.07) is 9.97. The van der Waals surface area contributed by atoms with Gasteiger partial charge in [-0.3, -0.25) is 4.79 Å². The van der Waals surface area contributed by atoms with Crippen LogP contribution in [0.25, 0.3) is 0 Å². The molecule has 1 heterocycles. The van der Waals surface area contributed by atoms with Crippen molar-refractivity contribution in [2.45, 2.75) is 66.3 Å². The number of nitrogens with one attached hydrogen (secondary N) is 1. The van der Waals surface area contributed by atoms with Crippen molar-refractivity contribution >= 4 is 17.6 Å². The molecule has 162 valence electrons. The molecule has 0 atom stereocenters. The number of rotatable bonds is 7. The number of para-hydroxylation sites is 1. The molecular formula is C25H34N2O3. The first-order valence-electron chi connectivity index (χ1n) is 11.2. The highest BCUT2D eigenvalue weighted by Gasteiger charge is 2.28. The summed E-state index contributed by atoms with van der Waals surface area (Å²) < 4.78 is 7.41. The Bertz CT molecular complexity index is 892. The second-order valence-corrected chi connectivity index (χ2v) is 8.33. The van der Waals surface area contributed by atoms with Crippen LogP contribution in [0.2, 0.25) is 0 Å². The second kappa shape index (κ2) is 9.96. The molecule has 1 aromatic heterocycles. The normalized spacial score (nSPS) is 18.8. The fourth-order valence-corrected chi connectivity index (χ4v) is 4.55. The maximum atomic E-state index is 12.8. The van der Waals surface area contributed by atoms with Gasteiger partial charge < -0.3 is 14.6 Å². The van der Waals surface area contributed by atoms with E-state index in [-0.39, 0.29) is 17.8 Å². The van der Waals surface area contributed by atoms with Gasteiger partial charge in [0.2, 0.25) is 5.91 Å². The molecule has 30 heavy (non-hydrogen) atoms. The first kappa shape index (κ1) is 22.1. The lowest BCUT2D eigenvalue weighted by Crippen LogP contribution is -2.29. The summed E-state index contributed by atoms with van der Waals surface area (Å²) in [6.45, 7) is 9.24. The average molecular weight is 411 g/mol. The summed E-state index contributed by atoms with van der Waals surface area (Å²) in [5.41, 5.74) is 4.85. The quantitative estimate of drug-likeness (QED) is 0.631. The molecule has 0 spiro atoms. The Kier molecular flexibility index (Phi) is 7.35. The van der Waals surface area contributed by atoms with E-state index in [1.165, 1.54) is 5.56 Å². The molecule has 0 unspecified atom stereocenters. The molecule has 1 fully saturated rings. The Morgan fingerprint density at radius 1 is 1.10 bits per heavy atom. The zero-order valence-electron chi connectivity index (χ0n) is 18.7. The van der Waals surface area contributed by atoms with Gasteiger partial charge in [-0.05, 0) is 76.5 Å². The highest BCUT2D eigenvalue weighted by molar-refractivity contribution is 5.93. The van der Waals surface area contributed by atoms with Gasteiger partial charge in [0.15, 0.2) is 0 Å². The number of anilines is 1. The highest BCUT2D eigenvalue weighted by atomic mass is 16.5. The maximum Gasteiger partial charge on any atom is 0.339 e. The molecule has 1 aromatic carbocycles. The van der Waals surface area contributed by atoms with Gasteiger partial charge in [0.05, 0.1) is 12.2 Å². The van der Waals surface area contributed by atoms with Gasteiger partial charge in [0.1, 0.15) is 0 Å². The Hall–Kier alpha value is -2.56. The van der Waals surface area contributed by atoms with Crippen LogP contribution in [0.15, 0.2) is 30.3 Å². The molecule has 1 aliphatic carbocycles. The van der Waals surface area contributed by atoms with E-state index in [0.29, 0.717) is 18.1 Å². The Labute approximate surface area is 179 Å². The maximum absolute atomic E-state index is 12.8. The monoisotopic (exact) mass is 410 g/mol. The van der Waals surface area contributed by atoms with Crippen molar-refractivity contribution in [3.05, 3.63) is 52.8 Å². The molecule has 0 radical (unpaired) electrons. The third-order valence-electron chi connectivity index (χ3n) is 6.38. The summed E-state index contributed by atoms with van der Waals surface area (Å²) >= 11 is 0. The molecule has 5 heteroatoms. The zero-order valence-corrected chi connectivity index (χ0v) is 18.7. The van der Waals surface area contributed by atoms with Gasteiger partial charge >= 0.3 is 5.97 Å². The Morgan fingerprint density at radius 2 is 1.80 bits per heavy atom. The molecule has 1 amide bonds. The number of nitrogens with zero attached hydrogens (tertiary/aromatic N) is 1. The molecule has 0 aliphatic heterocycles. The number of aryl methyl sites for hydroxylation is 2. The number of carbonyl (C=O) groups excluding carboxylic acids is 2. The highest BCUT2D eigenvalue weighted by Crippen LogP contribution is 2.32. The van der Waals surface area contributed by atoms with E-state index in [0.717, 1.165) is 55.7 Å². The van der Waals surface area contributed by atoms with E-state index < -0.39 is 0 Å². The number of hydrogen-bond donors (Lipinski definition) is 1. The molecule has 1 N–H and O–H groups in total. The lowest BCUT2D eigenvalue weighted by molar-refractivity contribution is -0.121. The van der Waals surface area contributed by atoms with Gasteiger partial charge in [-0.1, -0.05) is 25.1 Å². The van der Waals surface area contributed by atoms with Crippen LogP contribution >= 0.6 is 0 Å². The average Bonchev–Trinajstić information content (AvgIpc) is 3.03. The van der Waals surface area contributed by atoms with Crippen LogP contribution in [-0.2, 0) is 22.5 Å². The minimum Gasteiger partial charge on any atom is -0.462 e. The van der Waals surface area contributed by atoms with Crippen LogP contribution in [0.4, 0.5) is 5.69 Å². The van der Waals surface area contributed by atoms with Crippen LogP contribution in [0.5, 0.6) is 0 Å². The van der Waals surface area contributed by atoms with Crippen LogP contribution in [0.1, 0.15) is 66.8 Å². The van der Waals surface area contributed by atoms with Crippen molar-refractivity contribution in [2.24, 2.45) is 11.8 Å². The van der Waals surface area contributed by atoms with Crippen LogP contribution in [0, 0.1) is 25.7 Å². The predicted octanol–water partition coefficient (Wildman–Crippen LogP) is 5.29. The molecule has 1 saturated carbocycles. The fraction of sp³-hybridized carbons (Fsp3) is 0.520. The van der Waals surface area contributed by atoms with Crippen LogP contribution in [-0.4, -0.2) is 23.1 Å². The van der Waals surface area contributed by atoms with E-state index in [1.54, 1.807) is 0 Å². The van der Waals surface area contributed by atoms with E-state index in [2.05, 4.69) is 22.9 Å². The van der Waals surface area contributed by atoms with Crippen molar-refractivity contribution in [3.8, 4) is 0 Å². The topological polar surface area (TPSA) is 60.3 Å². The SMILES string of the molecule is CCOC(=O)c1cc(C)n(CC2CCC(C(=O)Nc3ccccc3CC)CC2)c1C. The predicted molar refractivity (Wildman–Crippen MR) is 120 cm³/mol. The first-order chi connectivity index (χ1) is 14.4. The zero-order chi connectivity index (χ0) is 21.7. The van der Waals surface area contributed by atoms with Crippen molar-refractivity contribution < 1.29 is 14.3 Å². The molecule has 0 bridgehead atoms. The summed E-state index contributed by atoms with van der Waals surface area (Å²) in [4.78, 5) is 24.9. The number of aromatic nitrogens is 1. The molecule has 3 rings (SSSR count). The summed E-state index contributed by atoms with van der Waals surface area (Å²) in [5, 5.41) is 3.15. The van der Waals surface area contributed by atoms with Gasteiger partial charge in [-0.2, -0.15) is 0 Å². The third kappa shape index (κ3) is 4.94. The minimum absolute atomic E-state index is 0.0770. The number of ether oxygens (including phenoxy) is 1. The fourth-order valence-electron chi connectivity index (χ4n) is 4.55. The first-order valence-corrected chi connectivity index (χ1v) is 11.2. The van der Waals surface area contributed by atoms with Crippen molar-refractivity contribution in [1.29, 1.82) is 0 Å². The van der Waals surface area contributed by atoms with Crippen molar-refractivity contribution in [1.82, 2.24) is 4.57 Å². The number of hydrogen-bond acceptors (Lipinski definition) is 3. The summed E-state index contributed by atoms with van der Waals surface area (Å²) in [6.07, 6.45) is 4.79. The van der Waals surface area contributed by atoms with Gasteiger partial charge in [0.25, 0.3) is 0 Å². The third-order valence-corrected chi connectivity index (χ3v) is 6.38. The number of carbonyl (C=O) groups is 2. The molecule has 0 saturated heterocycles. The number of esters is 1. The lowest BCUT2D eigenvalue weighted by Gasteiger charge is -2.29. The summed E-state index contributed by atoms with van der Waals surface area (Å²) in [5.74, 6) is 0.502. The Balaban J connectivity index is 1.57. The smallest absolute Gasteiger partial charge is 0.339 e. The van der Waals surface area contributed by atoms with Crippen LogP contribution < -0.4 is 5.32 Å². The number of benzene rings is 1. The standard InChI is InChI=1S/C25H34N2O3/c1-5-20-9-7-8-10-23(20)26-24(28)21-13-11-19(12-14-21)16-27-17(3)15-22(18(27)4)25(29)30-6-2/h7-10,15,19,21H,5-6,11-14,16H2,1-4H3,(H,26,28). The Morgan fingerprint density at radius 3 is 2.47 bits per heavy atom. The minimum atomic E-state index is -0.246. The number of amides is 1. The van der Waals surface area contributed by atoms with Gasteiger partial charge in [0, 0.05) is 29.5 Å². The molecule has 2 aromatic rings. The van der Waals surface area contributed by atoms with E-state index in [4.69, 9.17) is 4.74 Å². The van der Waals surface area contributed by atoms with Crippen molar-refractivity contribution in [3.63, 3.8) is 0 Å². The lowest BCUT2D eigenvalue weighted by atomic mass is 9.81. The van der Waals surface area contributed by atoms with Crippen LogP contribution in [0.3, 0.4) is 0 Å². The van der Waals surface area contributed by atoms with Gasteiger partial charge in [-0.15, -0.1) is 0 Å². The molecule has 5 nitrogen and oxygen atoms in total. The van der Waals surface area contributed by atoms with E-state index in [1.807, 2.05) is 45.0 Å². The van der Waals surface area contributed by atoms with E-state index in [9.17, 15) is 9.59 Å². The summed E-state index contributed by atoms with van der Waals surface area (Å²) in [7, 11) is 0. The van der Waals surface area contributed by atoms with Gasteiger partial charge in [-0.25, -0.2) is 4.79 Å². The molecular weight excluding hydrogens is 376 g/mol. The molecule has 1 aliphatic rings.